The van der Waals surface area contributed by atoms with E-state index < -0.39 is 0 Å². The highest BCUT2D eigenvalue weighted by atomic mass is 16.1. The fraction of sp³-hybridized carbons (Fsp3) is 0.190. The van der Waals surface area contributed by atoms with E-state index in [0.29, 0.717) is 18.7 Å². The molecule has 0 saturated heterocycles. The normalized spacial score (nSPS) is 11.0. The highest BCUT2D eigenvalue weighted by molar-refractivity contribution is 5.94. The molecule has 0 bridgehead atoms. The molecule has 0 aliphatic heterocycles. The summed E-state index contributed by atoms with van der Waals surface area (Å²) >= 11 is 0. The maximum Gasteiger partial charge on any atom is 0.251 e. The highest BCUT2D eigenvalue weighted by Gasteiger charge is 2.11. The summed E-state index contributed by atoms with van der Waals surface area (Å²) in [6, 6.07) is 17.5. The molecule has 0 unspecified atom stereocenters. The Balaban J connectivity index is 1.43. The van der Waals surface area contributed by atoms with E-state index in [2.05, 4.69) is 33.0 Å². The lowest BCUT2D eigenvalue weighted by atomic mass is 10.1. The molecule has 1 N–H and O–H groups in total. The molecule has 2 aromatic heterocycles. The van der Waals surface area contributed by atoms with Crippen molar-refractivity contribution in [3.63, 3.8) is 0 Å². The van der Waals surface area contributed by atoms with Gasteiger partial charge in [0.2, 0.25) is 0 Å². The molecule has 0 atom stereocenters. The Morgan fingerprint density at radius 2 is 1.89 bits per heavy atom. The minimum atomic E-state index is -0.102. The number of rotatable bonds is 6. The zero-order valence-corrected chi connectivity index (χ0v) is 15.2. The van der Waals surface area contributed by atoms with Crippen molar-refractivity contribution in [1.29, 1.82) is 0 Å². The first kappa shape index (κ1) is 17.0. The fourth-order valence-electron chi connectivity index (χ4n) is 3.22. The van der Waals surface area contributed by atoms with Crippen LogP contribution < -0.4 is 5.32 Å². The molecule has 0 aliphatic carbocycles. The molecule has 0 fully saturated rings. The lowest BCUT2D eigenvalue weighted by Gasteiger charge is -2.08. The number of benzene rings is 2. The third-order valence-corrected chi connectivity index (χ3v) is 4.58. The van der Waals surface area contributed by atoms with Crippen LogP contribution in [-0.2, 0) is 19.6 Å². The number of nitrogens with zero attached hydrogens (tertiary/aromatic N) is 4. The second-order valence-electron chi connectivity index (χ2n) is 6.34. The van der Waals surface area contributed by atoms with Gasteiger partial charge in [-0.3, -0.25) is 9.48 Å². The molecule has 27 heavy (non-hydrogen) atoms. The van der Waals surface area contributed by atoms with Crippen molar-refractivity contribution in [2.45, 2.75) is 26.6 Å². The van der Waals surface area contributed by atoms with Crippen LogP contribution in [0.15, 0.2) is 67.0 Å². The smallest absolute Gasteiger partial charge is 0.251 e. The first-order valence-electron chi connectivity index (χ1n) is 9.03. The second kappa shape index (κ2) is 7.45. The maximum absolute atomic E-state index is 12.5. The van der Waals surface area contributed by atoms with Gasteiger partial charge >= 0.3 is 0 Å². The third kappa shape index (κ3) is 3.60. The molecule has 6 nitrogen and oxygen atoms in total. The van der Waals surface area contributed by atoms with E-state index in [1.807, 2.05) is 59.4 Å². The Morgan fingerprint density at radius 1 is 1.07 bits per heavy atom. The van der Waals surface area contributed by atoms with Crippen molar-refractivity contribution in [3.8, 4) is 0 Å². The average molecular weight is 359 g/mol. The first-order chi connectivity index (χ1) is 13.2. The van der Waals surface area contributed by atoms with Gasteiger partial charge in [0, 0.05) is 24.5 Å². The number of aromatic nitrogens is 4. The van der Waals surface area contributed by atoms with Crippen molar-refractivity contribution in [2.75, 3.05) is 0 Å². The molecule has 0 aliphatic rings. The molecule has 0 saturated carbocycles. The monoisotopic (exact) mass is 359 g/mol. The number of nitrogens with one attached hydrogen (secondary N) is 1. The topological polar surface area (TPSA) is 64.7 Å². The van der Waals surface area contributed by atoms with Crippen LogP contribution in [0.25, 0.3) is 11.0 Å². The number of para-hydroxylation sites is 2. The predicted molar refractivity (Wildman–Crippen MR) is 104 cm³/mol. The summed E-state index contributed by atoms with van der Waals surface area (Å²) in [4.78, 5) is 17.1. The summed E-state index contributed by atoms with van der Waals surface area (Å²) in [6.07, 6.45) is 3.67. The number of amides is 1. The molecule has 4 aromatic rings. The fourth-order valence-corrected chi connectivity index (χ4v) is 3.22. The molecule has 0 radical (unpaired) electrons. The summed E-state index contributed by atoms with van der Waals surface area (Å²) in [5.74, 6) is 0.762. The Bertz CT molecular complexity index is 1050. The Labute approximate surface area is 157 Å². The van der Waals surface area contributed by atoms with E-state index in [9.17, 15) is 4.79 Å². The number of aryl methyl sites for hydroxylation is 1. The van der Waals surface area contributed by atoms with Crippen molar-refractivity contribution in [3.05, 3.63) is 83.9 Å². The van der Waals surface area contributed by atoms with Gasteiger partial charge in [-0.2, -0.15) is 5.10 Å². The number of hydrogen-bond acceptors (Lipinski definition) is 3. The predicted octanol–water partition coefficient (Wildman–Crippen LogP) is 3.23. The SMILES string of the molecule is CCn1c(CNC(=O)c2ccc(Cn3cccn3)cc2)nc2ccccc21. The molecule has 2 aromatic carbocycles. The van der Waals surface area contributed by atoms with E-state index in [-0.39, 0.29) is 5.91 Å². The Hall–Kier alpha value is -3.41. The van der Waals surface area contributed by atoms with Gasteiger partial charge in [0.25, 0.3) is 5.91 Å². The summed E-state index contributed by atoms with van der Waals surface area (Å²) in [6.45, 7) is 3.98. The van der Waals surface area contributed by atoms with E-state index >= 15 is 0 Å². The van der Waals surface area contributed by atoms with E-state index in [1.54, 1.807) is 6.20 Å². The standard InChI is InChI=1S/C21H21N5O/c1-2-26-19-7-4-3-6-18(19)24-20(26)14-22-21(27)17-10-8-16(9-11-17)15-25-13-5-12-23-25/h3-13H,2,14-15H2,1H3,(H,22,27). The van der Waals surface area contributed by atoms with E-state index in [1.165, 1.54) is 0 Å². The molecular formula is C21H21N5O. The van der Waals surface area contributed by atoms with Crippen LogP contribution in [0.2, 0.25) is 0 Å². The van der Waals surface area contributed by atoms with Gasteiger partial charge in [-0.25, -0.2) is 4.98 Å². The zero-order chi connectivity index (χ0) is 18.6. The first-order valence-corrected chi connectivity index (χ1v) is 9.03. The van der Waals surface area contributed by atoms with Gasteiger partial charge in [-0.1, -0.05) is 24.3 Å². The number of imidazole rings is 1. The van der Waals surface area contributed by atoms with Gasteiger partial charge in [0.15, 0.2) is 0 Å². The molecule has 136 valence electrons. The van der Waals surface area contributed by atoms with Crippen LogP contribution in [0.1, 0.15) is 28.7 Å². The number of carbonyl (C=O) groups excluding carboxylic acids is 1. The van der Waals surface area contributed by atoms with Crippen molar-refractivity contribution in [2.24, 2.45) is 0 Å². The van der Waals surface area contributed by atoms with Gasteiger partial charge in [-0.05, 0) is 42.8 Å². The minimum Gasteiger partial charge on any atom is -0.345 e. The number of hydrogen-bond donors (Lipinski definition) is 1. The molecule has 1 amide bonds. The Morgan fingerprint density at radius 3 is 2.63 bits per heavy atom. The average Bonchev–Trinajstić information content (AvgIpc) is 3.33. The summed E-state index contributed by atoms with van der Waals surface area (Å²) in [5.41, 5.74) is 3.78. The van der Waals surface area contributed by atoms with Gasteiger partial charge < -0.3 is 9.88 Å². The van der Waals surface area contributed by atoms with Gasteiger partial charge in [0.05, 0.1) is 24.1 Å². The molecule has 6 heteroatoms. The number of fused-ring (bicyclic) bond motifs is 1. The lowest BCUT2D eigenvalue weighted by molar-refractivity contribution is 0.0949. The molecule has 4 rings (SSSR count). The largest absolute Gasteiger partial charge is 0.345 e. The zero-order valence-electron chi connectivity index (χ0n) is 15.2. The van der Waals surface area contributed by atoms with E-state index in [0.717, 1.165) is 29.0 Å². The second-order valence-corrected chi connectivity index (χ2v) is 6.34. The van der Waals surface area contributed by atoms with Crippen molar-refractivity contribution < 1.29 is 4.79 Å². The molecule has 0 spiro atoms. The van der Waals surface area contributed by atoms with E-state index in [4.69, 9.17) is 0 Å². The lowest BCUT2D eigenvalue weighted by Crippen LogP contribution is -2.24. The van der Waals surface area contributed by atoms with Crippen LogP contribution in [0, 0.1) is 0 Å². The summed E-state index contributed by atoms with van der Waals surface area (Å²) < 4.78 is 3.98. The summed E-state index contributed by atoms with van der Waals surface area (Å²) in [7, 11) is 0. The van der Waals surface area contributed by atoms with Gasteiger partial charge in [-0.15, -0.1) is 0 Å². The summed E-state index contributed by atoms with van der Waals surface area (Å²) in [5, 5.41) is 7.17. The van der Waals surface area contributed by atoms with Gasteiger partial charge in [0.1, 0.15) is 5.82 Å². The minimum absolute atomic E-state index is 0.102. The van der Waals surface area contributed by atoms with Crippen LogP contribution in [0.3, 0.4) is 0 Å². The Kier molecular flexibility index (Phi) is 4.70. The van der Waals surface area contributed by atoms with Crippen LogP contribution in [0.4, 0.5) is 0 Å². The maximum atomic E-state index is 12.5. The van der Waals surface area contributed by atoms with Crippen LogP contribution in [-0.4, -0.2) is 25.2 Å². The van der Waals surface area contributed by atoms with Crippen molar-refractivity contribution >= 4 is 16.9 Å². The van der Waals surface area contributed by atoms with Crippen molar-refractivity contribution in [1.82, 2.24) is 24.6 Å². The quantitative estimate of drug-likeness (QED) is 0.575. The van der Waals surface area contributed by atoms with Crippen LogP contribution >= 0.6 is 0 Å². The third-order valence-electron chi connectivity index (χ3n) is 4.58. The highest BCUT2D eigenvalue weighted by Crippen LogP contribution is 2.16. The number of carbonyl (C=O) groups is 1. The van der Waals surface area contributed by atoms with Crippen LogP contribution in [0.5, 0.6) is 0 Å². The molecular weight excluding hydrogens is 338 g/mol. The molecule has 2 heterocycles.